The average Bonchev–Trinajstić information content (AvgIpc) is 3.20. The molecule has 168 valence electrons. The molecule has 4 aromatic rings. The van der Waals surface area contributed by atoms with Crippen molar-refractivity contribution in [2.24, 2.45) is 5.92 Å². The van der Waals surface area contributed by atoms with Crippen LogP contribution in [0.25, 0.3) is 11.9 Å². The minimum absolute atomic E-state index is 0.151. The Morgan fingerprint density at radius 2 is 1.88 bits per heavy atom. The van der Waals surface area contributed by atoms with E-state index < -0.39 is 0 Å². The molecule has 1 amide bonds. The van der Waals surface area contributed by atoms with E-state index in [1.165, 1.54) is 22.4 Å². The van der Waals surface area contributed by atoms with Crippen LogP contribution in [0, 0.1) is 5.92 Å². The number of hydrogen-bond donors (Lipinski definition) is 1. The fourth-order valence-electron chi connectivity index (χ4n) is 3.34. The molecule has 0 spiro atoms. The lowest BCUT2D eigenvalue weighted by molar-refractivity contribution is -0.111. The van der Waals surface area contributed by atoms with Gasteiger partial charge in [0.25, 0.3) is 11.3 Å². The maximum atomic E-state index is 12.7. The molecule has 0 saturated carbocycles. The molecule has 8 heteroatoms. The van der Waals surface area contributed by atoms with E-state index in [9.17, 15) is 9.59 Å². The summed E-state index contributed by atoms with van der Waals surface area (Å²) in [5.74, 6) is 1.06. The van der Waals surface area contributed by atoms with E-state index >= 15 is 0 Å². The van der Waals surface area contributed by atoms with Crippen molar-refractivity contribution in [2.45, 2.75) is 31.0 Å². The summed E-state index contributed by atoms with van der Waals surface area (Å²) in [5, 5.41) is 2.93. The highest BCUT2D eigenvalue weighted by molar-refractivity contribution is 7.98. The predicted molar refractivity (Wildman–Crippen MR) is 132 cm³/mol. The Hall–Kier alpha value is -3.65. The molecular formula is C25H25N5O2S. The minimum Gasteiger partial charge on any atom is -0.321 e. The van der Waals surface area contributed by atoms with Gasteiger partial charge in [0.1, 0.15) is 6.33 Å². The summed E-state index contributed by atoms with van der Waals surface area (Å²) in [6.45, 7) is 4.87. The maximum absolute atomic E-state index is 12.7. The maximum Gasteiger partial charge on any atom is 0.274 e. The molecule has 0 aliphatic carbocycles. The van der Waals surface area contributed by atoms with E-state index in [2.05, 4.69) is 29.1 Å². The van der Waals surface area contributed by atoms with Gasteiger partial charge < -0.3 is 5.32 Å². The van der Waals surface area contributed by atoms with Gasteiger partial charge in [0.2, 0.25) is 5.91 Å². The Balaban J connectivity index is 1.46. The Kier molecular flexibility index (Phi) is 7.04. The van der Waals surface area contributed by atoms with E-state index in [4.69, 9.17) is 0 Å². The van der Waals surface area contributed by atoms with Crippen LogP contribution in [-0.4, -0.2) is 25.1 Å². The predicted octanol–water partition coefficient (Wildman–Crippen LogP) is 4.49. The summed E-state index contributed by atoms with van der Waals surface area (Å²) in [7, 11) is 0. The van der Waals surface area contributed by atoms with E-state index in [0.717, 1.165) is 10.5 Å². The largest absolute Gasteiger partial charge is 0.321 e. The molecule has 0 aliphatic heterocycles. The summed E-state index contributed by atoms with van der Waals surface area (Å²) in [6, 6.07) is 18.8. The molecule has 0 saturated heterocycles. The van der Waals surface area contributed by atoms with E-state index in [1.54, 1.807) is 23.2 Å². The van der Waals surface area contributed by atoms with Crippen molar-refractivity contribution in [1.29, 1.82) is 0 Å². The lowest BCUT2D eigenvalue weighted by Gasteiger charge is -2.10. The lowest BCUT2D eigenvalue weighted by atomic mass is 10.2. The molecule has 0 unspecified atom stereocenters. The number of nitrogens with zero attached hydrogens (tertiary/aromatic N) is 4. The summed E-state index contributed by atoms with van der Waals surface area (Å²) < 4.78 is 3.29. The first-order valence-corrected chi connectivity index (χ1v) is 11.7. The van der Waals surface area contributed by atoms with Crippen molar-refractivity contribution >= 4 is 35.2 Å². The van der Waals surface area contributed by atoms with E-state index in [1.807, 2.05) is 54.6 Å². The number of benzene rings is 2. The second-order valence-electron chi connectivity index (χ2n) is 7.98. The zero-order valence-electron chi connectivity index (χ0n) is 18.5. The Morgan fingerprint density at radius 3 is 2.67 bits per heavy atom. The van der Waals surface area contributed by atoms with Crippen molar-refractivity contribution in [2.75, 3.05) is 5.32 Å². The number of thioether (sulfide) groups is 1. The number of para-hydroxylation sites is 1. The van der Waals surface area contributed by atoms with Gasteiger partial charge in [-0.05, 0) is 29.7 Å². The molecule has 0 aliphatic rings. The third-order valence-corrected chi connectivity index (χ3v) is 5.90. The number of aromatic nitrogens is 4. The van der Waals surface area contributed by atoms with Crippen LogP contribution >= 0.6 is 11.8 Å². The van der Waals surface area contributed by atoms with Gasteiger partial charge in [0.15, 0.2) is 0 Å². The molecule has 0 radical (unpaired) electrons. The number of nitrogens with one attached hydrogen (secondary N) is 1. The van der Waals surface area contributed by atoms with Gasteiger partial charge in [-0.1, -0.05) is 56.3 Å². The minimum atomic E-state index is -0.208. The van der Waals surface area contributed by atoms with Gasteiger partial charge in [-0.15, -0.1) is 11.8 Å². The third kappa shape index (κ3) is 5.78. The summed E-state index contributed by atoms with van der Waals surface area (Å²) in [4.78, 5) is 34.8. The van der Waals surface area contributed by atoms with Crippen molar-refractivity contribution < 1.29 is 4.79 Å². The highest BCUT2D eigenvalue weighted by Gasteiger charge is 2.11. The number of rotatable bonds is 8. The van der Waals surface area contributed by atoms with Crippen LogP contribution in [0.5, 0.6) is 0 Å². The van der Waals surface area contributed by atoms with Gasteiger partial charge >= 0.3 is 0 Å². The van der Waals surface area contributed by atoms with Crippen LogP contribution in [0.3, 0.4) is 0 Å². The molecule has 0 bridgehead atoms. The molecule has 2 aromatic heterocycles. The van der Waals surface area contributed by atoms with Crippen molar-refractivity contribution in [3.8, 4) is 0 Å². The first kappa shape index (κ1) is 22.5. The molecule has 0 fully saturated rings. The van der Waals surface area contributed by atoms with Crippen LogP contribution in [0.2, 0.25) is 0 Å². The first-order chi connectivity index (χ1) is 16.0. The number of amides is 1. The number of hydrogen-bond acceptors (Lipinski definition) is 5. The van der Waals surface area contributed by atoms with Crippen LogP contribution < -0.4 is 10.9 Å². The van der Waals surface area contributed by atoms with Crippen molar-refractivity contribution in [1.82, 2.24) is 19.2 Å². The second kappa shape index (κ2) is 10.3. The molecule has 1 N–H and O–H groups in total. The quantitative estimate of drug-likeness (QED) is 0.310. The number of carbonyl (C=O) groups is 1. The van der Waals surface area contributed by atoms with Crippen molar-refractivity contribution in [3.63, 3.8) is 0 Å². The van der Waals surface area contributed by atoms with E-state index in [0.29, 0.717) is 35.4 Å². The molecule has 4 rings (SSSR count). The van der Waals surface area contributed by atoms with Crippen LogP contribution in [0.1, 0.15) is 25.1 Å². The molecule has 2 heterocycles. The monoisotopic (exact) mass is 459 g/mol. The Labute approximate surface area is 196 Å². The van der Waals surface area contributed by atoms with Crippen LogP contribution in [-0.2, 0) is 17.1 Å². The van der Waals surface area contributed by atoms with Crippen molar-refractivity contribution in [3.05, 3.63) is 94.7 Å². The Morgan fingerprint density at radius 1 is 1.12 bits per heavy atom. The summed E-state index contributed by atoms with van der Waals surface area (Å²) in [5.41, 5.74) is 2.16. The molecular weight excluding hydrogens is 434 g/mol. The summed E-state index contributed by atoms with van der Waals surface area (Å²) >= 11 is 1.51. The molecule has 33 heavy (non-hydrogen) atoms. The zero-order chi connectivity index (χ0) is 23.2. The number of carbonyl (C=O) groups excluding carboxylic acids is 1. The molecule has 0 atom stereocenters. The van der Waals surface area contributed by atoms with Gasteiger partial charge in [-0.3, -0.25) is 14.3 Å². The average molecular weight is 460 g/mol. The normalized spacial score (nSPS) is 11.5. The smallest absolute Gasteiger partial charge is 0.274 e. The van der Waals surface area contributed by atoms with Gasteiger partial charge in [0, 0.05) is 29.3 Å². The third-order valence-electron chi connectivity index (χ3n) is 4.79. The lowest BCUT2D eigenvalue weighted by Crippen LogP contribution is -2.22. The van der Waals surface area contributed by atoms with E-state index in [-0.39, 0.29) is 11.5 Å². The molecule has 2 aromatic carbocycles. The Bertz CT molecular complexity index is 1340. The van der Waals surface area contributed by atoms with Gasteiger partial charge in [0.05, 0.1) is 11.4 Å². The number of anilines is 1. The molecule has 7 nitrogen and oxygen atoms in total. The topological polar surface area (TPSA) is 81.3 Å². The fraction of sp³-hybridized carbons (Fsp3) is 0.200. The highest BCUT2D eigenvalue weighted by atomic mass is 32.2. The summed E-state index contributed by atoms with van der Waals surface area (Å²) in [6.07, 6.45) is 4.94. The number of fused-ring (bicyclic) bond motifs is 1. The highest BCUT2D eigenvalue weighted by Crippen LogP contribution is 2.29. The van der Waals surface area contributed by atoms with Gasteiger partial charge in [-0.25, -0.2) is 4.98 Å². The fourth-order valence-corrected chi connectivity index (χ4v) is 4.24. The zero-order valence-corrected chi connectivity index (χ0v) is 19.3. The van der Waals surface area contributed by atoms with Crippen LogP contribution in [0.15, 0.2) is 82.8 Å². The van der Waals surface area contributed by atoms with Crippen LogP contribution in [0.4, 0.5) is 5.69 Å². The standard InChI is InChI=1S/C25H25N5O2S/c1-18(2)15-29-17-26-25-27-20(14-24(32)30(25)29)16-33-22-11-7-6-10-21(22)28-23(31)13-12-19-8-4-3-5-9-19/h3-14,17-18H,15-16H2,1-2H3,(H,28,31)/b13-12+. The second-order valence-corrected chi connectivity index (χ2v) is 8.99. The SMILES string of the molecule is CC(C)Cn1cnc2nc(CSc3ccccc3NC(=O)/C=C/c3ccccc3)cc(=O)n21. The van der Waals surface area contributed by atoms with Gasteiger partial charge in [-0.2, -0.15) is 9.50 Å². The first-order valence-electron chi connectivity index (χ1n) is 10.7.